The van der Waals surface area contributed by atoms with Gasteiger partial charge in [0, 0.05) is 12.4 Å². The highest BCUT2D eigenvalue weighted by atomic mass is 35.5. The van der Waals surface area contributed by atoms with Gasteiger partial charge in [-0.05, 0) is 12.1 Å². The molecule has 0 aliphatic heterocycles. The third-order valence-corrected chi connectivity index (χ3v) is 4.38. The topological polar surface area (TPSA) is 90.1 Å². The van der Waals surface area contributed by atoms with Crippen LogP contribution in [-0.4, -0.2) is 28.0 Å². The van der Waals surface area contributed by atoms with Gasteiger partial charge in [-0.1, -0.05) is 23.2 Å². The third kappa shape index (κ3) is 2.61. The molecule has 7 nitrogen and oxygen atoms in total. The number of benzene rings is 1. The maximum Gasteiger partial charge on any atom is 0.256 e. The Hall–Kier alpha value is -2.90. The van der Waals surface area contributed by atoms with Crippen LogP contribution in [0.1, 0.15) is 10.4 Å². The SMILES string of the molecule is COc1ccc(C(=O)Nc2c(Cl)cncc2Cl)c2c1oc1cncnc12. The number of nitrogens with zero attached hydrogens (tertiary/aromatic N) is 3. The standard InChI is InChI=1S/C17H10Cl2N4O3/c1-25-11-3-2-8(13-15-12(26-16(11)13)6-21-7-22-15)17(24)23-14-9(18)4-20-5-10(14)19/h2-7H,1H3,(H,20,23,24). The number of pyridine rings is 1. The number of halogens is 2. The normalized spacial score (nSPS) is 11.0. The lowest BCUT2D eigenvalue weighted by Crippen LogP contribution is -2.13. The second kappa shape index (κ2) is 6.44. The Morgan fingerprint density at radius 2 is 1.92 bits per heavy atom. The molecule has 0 fully saturated rings. The predicted molar refractivity (Wildman–Crippen MR) is 98.1 cm³/mol. The van der Waals surface area contributed by atoms with Gasteiger partial charge >= 0.3 is 0 Å². The van der Waals surface area contributed by atoms with Crippen molar-refractivity contribution in [3.8, 4) is 5.75 Å². The van der Waals surface area contributed by atoms with E-state index in [1.807, 2.05) is 0 Å². The zero-order valence-corrected chi connectivity index (χ0v) is 14.8. The lowest BCUT2D eigenvalue weighted by atomic mass is 10.1. The molecule has 0 radical (unpaired) electrons. The Morgan fingerprint density at radius 1 is 1.15 bits per heavy atom. The zero-order chi connectivity index (χ0) is 18.3. The first-order chi connectivity index (χ1) is 12.6. The van der Waals surface area contributed by atoms with E-state index in [4.69, 9.17) is 32.4 Å². The Labute approximate surface area is 156 Å². The van der Waals surface area contributed by atoms with E-state index in [-0.39, 0.29) is 15.7 Å². The second-order valence-electron chi connectivity index (χ2n) is 5.29. The minimum absolute atomic E-state index is 0.231. The highest BCUT2D eigenvalue weighted by Gasteiger charge is 2.21. The van der Waals surface area contributed by atoms with Gasteiger partial charge in [0.1, 0.15) is 11.8 Å². The van der Waals surface area contributed by atoms with Crippen molar-refractivity contribution in [1.29, 1.82) is 0 Å². The van der Waals surface area contributed by atoms with Crippen molar-refractivity contribution >= 4 is 56.9 Å². The first kappa shape index (κ1) is 16.6. The molecule has 4 rings (SSSR count). The van der Waals surface area contributed by atoms with Crippen molar-refractivity contribution in [2.75, 3.05) is 12.4 Å². The highest BCUT2D eigenvalue weighted by Crippen LogP contribution is 2.36. The van der Waals surface area contributed by atoms with Crippen molar-refractivity contribution in [3.63, 3.8) is 0 Å². The molecule has 0 saturated carbocycles. The molecule has 3 heterocycles. The molecule has 9 heteroatoms. The van der Waals surface area contributed by atoms with Crippen molar-refractivity contribution in [1.82, 2.24) is 15.0 Å². The number of fused-ring (bicyclic) bond motifs is 3. The maximum absolute atomic E-state index is 12.9. The van der Waals surface area contributed by atoms with Crippen LogP contribution in [0, 0.1) is 0 Å². The molecule has 0 unspecified atom stereocenters. The van der Waals surface area contributed by atoms with Gasteiger partial charge in [0.15, 0.2) is 16.9 Å². The molecule has 1 aromatic carbocycles. The minimum atomic E-state index is -0.422. The number of methoxy groups -OCH3 is 1. The maximum atomic E-state index is 12.9. The van der Waals surface area contributed by atoms with Gasteiger partial charge in [0.05, 0.1) is 40.0 Å². The Morgan fingerprint density at radius 3 is 2.65 bits per heavy atom. The summed E-state index contributed by atoms with van der Waals surface area (Å²) < 4.78 is 11.1. The van der Waals surface area contributed by atoms with Gasteiger partial charge in [0.25, 0.3) is 5.91 Å². The molecule has 0 bridgehead atoms. The number of aromatic nitrogens is 3. The van der Waals surface area contributed by atoms with Gasteiger partial charge in [-0.3, -0.25) is 9.78 Å². The van der Waals surface area contributed by atoms with Crippen LogP contribution in [0.3, 0.4) is 0 Å². The van der Waals surface area contributed by atoms with E-state index >= 15 is 0 Å². The van der Waals surface area contributed by atoms with E-state index in [9.17, 15) is 4.79 Å². The minimum Gasteiger partial charge on any atom is -0.493 e. The molecular weight excluding hydrogens is 379 g/mol. The fraction of sp³-hybridized carbons (Fsp3) is 0.0588. The summed E-state index contributed by atoms with van der Waals surface area (Å²) in [5, 5.41) is 3.69. The van der Waals surface area contributed by atoms with Crippen LogP contribution in [0.4, 0.5) is 5.69 Å². The fourth-order valence-corrected chi connectivity index (χ4v) is 3.11. The number of hydrogen-bond acceptors (Lipinski definition) is 6. The lowest BCUT2D eigenvalue weighted by Gasteiger charge is -2.10. The summed E-state index contributed by atoms with van der Waals surface area (Å²) in [4.78, 5) is 24.9. The van der Waals surface area contributed by atoms with E-state index in [0.717, 1.165) is 0 Å². The molecule has 1 amide bonds. The van der Waals surface area contributed by atoms with Crippen molar-refractivity contribution in [2.45, 2.75) is 0 Å². The number of furan rings is 1. The molecule has 130 valence electrons. The summed E-state index contributed by atoms with van der Waals surface area (Å²) in [5.74, 6) is 0.0588. The molecule has 0 atom stereocenters. The second-order valence-corrected chi connectivity index (χ2v) is 6.10. The molecule has 0 saturated heterocycles. The van der Waals surface area contributed by atoms with E-state index in [2.05, 4.69) is 20.3 Å². The fourth-order valence-electron chi connectivity index (χ4n) is 2.65. The summed E-state index contributed by atoms with van der Waals surface area (Å²) in [6.07, 6.45) is 5.70. The van der Waals surface area contributed by atoms with Gasteiger partial charge in [-0.15, -0.1) is 0 Å². The molecule has 1 N–H and O–H groups in total. The summed E-state index contributed by atoms with van der Waals surface area (Å²) >= 11 is 12.2. The largest absolute Gasteiger partial charge is 0.493 e. The van der Waals surface area contributed by atoms with E-state index in [0.29, 0.717) is 33.4 Å². The number of hydrogen-bond donors (Lipinski definition) is 1. The Balaban J connectivity index is 1.90. The van der Waals surface area contributed by atoms with Crippen molar-refractivity contribution < 1.29 is 13.9 Å². The first-order valence-corrected chi connectivity index (χ1v) is 8.15. The molecule has 0 aliphatic rings. The van der Waals surface area contributed by atoms with Gasteiger partial charge in [0.2, 0.25) is 0 Å². The van der Waals surface area contributed by atoms with E-state index in [1.165, 1.54) is 32.0 Å². The molecule has 4 aromatic rings. The van der Waals surface area contributed by atoms with Crippen LogP contribution < -0.4 is 10.1 Å². The van der Waals surface area contributed by atoms with Crippen molar-refractivity contribution in [3.05, 3.63) is 52.7 Å². The smallest absolute Gasteiger partial charge is 0.256 e. The van der Waals surface area contributed by atoms with Gasteiger partial charge < -0.3 is 14.5 Å². The molecule has 26 heavy (non-hydrogen) atoms. The number of carbonyl (C=O) groups is 1. The van der Waals surface area contributed by atoms with Crippen LogP contribution in [0.15, 0.2) is 41.5 Å². The van der Waals surface area contributed by atoms with Crippen LogP contribution >= 0.6 is 23.2 Å². The summed E-state index contributed by atoms with van der Waals surface area (Å²) in [6.45, 7) is 0. The number of anilines is 1. The van der Waals surface area contributed by atoms with Crippen LogP contribution in [0.5, 0.6) is 5.75 Å². The lowest BCUT2D eigenvalue weighted by molar-refractivity contribution is 0.102. The summed E-state index contributed by atoms with van der Waals surface area (Å²) in [7, 11) is 1.52. The quantitative estimate of drug-likeness (QED) is 0.561. The number of carbonyl (C=O) groups excluding carboxylic acids is 1. The van der Waals surface area contributed by atoms with E-state index < -0.39 is 5.91 Å². The van der Waals surface area contributed by atoms with Gasteiger partial charge in [-0.2, -0.15) is 0 Å². The Kier molecular flexibility index (Phi) is 4.10. The molecular formula is C17H10Cl2N4O3. The third-order valence-electron chi connectivity index (χ3n) is 3.81. The monoisotopic (exact) mass is 388 g/mol. The number of ether oxygens (including phenoxy) is 1. The van der Waals surface area contributed by atoms with Gasteiger partial charge in [-0.25, -0.2) is 9.97 Å². The van der Waals surface area contributed by atoms with Crippen LogP contribution in [0.25, 0.3) is 22.1 Å². The Bertz CT molecular complexity index is 1140. The number of amides is 1. The number of nitrogens with one attached hydrogen (secondary N) is 1. The van der Waals surface area contributed by atoms with Crippen LogP contribution in [0.2, 0.25) is 10.0 Å². The van der Waals surface area contributed by atoms with E-state index in [1.54, 1.807) is 12.1 Å². The molecule has 0 aliphatic carbocycles. The van der Waals surface area contributed by atoms with Crippen molar-refractivity contribution in [2.24, 2.45) is 0 Å². The highest BCUT2D eigenvalue weighted by molar-refractivity contribution is 6.40. The number of rotatable bonds is 3. The summed E-state index contributed by atoms with van der Waals surface area (Å²) in [5.41, 5.74) is 1.97. The molecule has 0 spiro atoms. The summed E-state index contributed by atoms with van der Waals surface area (Å²) in [6, 6.07) is 3.26. The molecule has 3 aromatic heterocycles. The average Bonchev–Trinajstić information content (AvgIpc) is 3.03. The average molecular weight is 389 g/mol. The first-order valence-electron chi connectivity index (χ1n) is 7.39. The van der Waals surface area contributed by atoms with Crippen LogP contribution in [-0.2, 0) is 0 Å². The zero-order valence-electron chi connectivity index (χ0n) is 13.3. The predicted octanol–water partition coefficient (Wildman–Crippen LogP) is 4.34.